The molecular weight excluding hydrogens is 194 g/mol. The lowest BCUT2D eigenvalue weighted by molar-refractivity contribution is 0.164. The third-order valence-corrected chi connectivity index (χ3v) is 1.65. The van der Waals surface area contributed by atoms with Crippen molar-refractivity contribution in [2.75, 3.05) is 20.3 Å². The highest BCUT2D eigenvalue weighted by Crippen LogP contribution is 2.00. The molecule has 15 heavy (non-hydrogen) atoms. The highest BCUT2D eigenvalue weighted by molar-refractivity contribution is 5.78. The van der Waals surface area contributed by atoms with E-state index in [0.29, 0.717) is 19.0 Å². The van der Waals surface area contributed by atoms with Crippen molar-refractivity contribution >= 4 is 5.96 Å². The summed E-state index contributed by atoms with van der Waals surface area (Å²) in [4.78, 5) is 4.24. The van der Waals surface area contributed by atoms with Gasteiger partial charge >= 0.3 is 0 Å². The summed E-state index contributed by atoms with van der Waals surface area (Å²) in [5.74, 6) is 0.387. The molecule has 0 fully saturated rings. The Labute approximate surface area is 91.7 Å². The van der Waals surface area contributed by atoms with Crippen molar-refractivity contribution < 1.29 is 9.84 Å². The predicted molar refractivity (Wildman–Crippen MR) is 61.9 cm³/mol. The van der Waals surface area contributed by atoms with Crippen molar-refractivity contribution in [3.05, 3.63) is 0 Å². The average Bonchev–Trinajstić information content (AvgIpc) is 2.00. The second-order valence-electron chi connectivity index (χ2n) is 4.51. The number of guanidine groups is 1. The topological polar surface area (TPSA) is 79.9 Å². The molecule has 5 heteroatoms. The van der Waals surface area contributed by atoms with Crippen LogP contribution in [0.1, 0.15) is 27.2 Å². The molecule has 4 N–H and O–H groups in total. The number of aliphatic imine (C=N–C) groups is 1. The second kappa shape index (κ2) is 6.63. The van der Waals surface area contributed by atoms with Crippen LogP contribution in [0.5, 0.6) is 0 Å². The van der Waals surface area contributed by atoms with E-state index in [9.17, 15) is 0 Å². The molecule has 0 radical (unpaired) electrons. The standard InChI is InChI=1S/C10H23N3O2/c1-10(2,3)13-9(11)12-8(5-6-14)7-15-4/h8,14H,5-7H2,1-4H3,(H3,11,12,13). The van der Waals surface area contributed by atoms with E-state index in [2.05, 4.69) is 10.3 Å². The molecular formula is C10H23N3O2. The third kappa shape index (κ3) is 8.20. The van der Waals surface area contributed by atoms with Gasteiger partial charge in [0.15, 0.2) is 5.96 Å². The van der Waals surface area contributed by atoms with Gasteiger partial charge in [0.2, 0.25) is 0 Å². The molecule has 0 saturated heterocycles. The van der Waals surface area contributed by atoms with E-state index in [1.54, 1.807) is 7.11 Å². The molecule has 0 aliphatic rings. The van der Waals surface area contributed by atoms with E-state index in [1.165, 1.54) is 0 Å². The zero-order chi connectivity index (χ0) is 11.9. The molecule has 0 aromatic carbocycles. The zero-order valence-corrected chi connectivity index (χ0v) is 10.1. The number of hydrogen-bond acceptors (Lipinski definition) is 3. The number of nitrogens with one attached hydrogen (secondary N) is 1. The summed E-state index contributed by atoms with van der Waals surface area (Å²) in [6, 6.07) is -0.0881. The number of hydrogen-bond donors (Lipinski definition) is 3. The Morgan fingerprint density at radius 2 is 2.13 bits per heavy atom. The smallest absolute Gasteiger partial charge is 0.189 e. The van der Waals surface area contributed by atoms with Crippen molar-refractivity contribution in [2.24, 2.45) is 10.7 Å². The first kappa shape index (κ1) is 14.2. The Bertz CT molecular complexity index is 193. The van der Waals surface area contributed by atoms with Crippen molar-refractivity contribution in [3.63, 3.8) is 0 Å². The number of rotatable bonds is 5. The van der Waals surface area contributed by atoms with Crippen molar-refractivity contribution in [1.82, 2.24) is 5.32 Å². The molecule has 0 bridgehead atoms. The van der Waals surface area contributed by atoms with Gasteiger partial charge in [0, 0.05) is 19.3 Å². The van der Waals surface area contributed by atoms with Gasteiger partial charge in [-0.3, -0.25) is 0 Å². The minimum absolute atomic E-state index is 0.0837. The second-order valence-corrected chi connectivity index (χ2v) is 4.51. The van der Waals surface area contributed by atoms with Crippen LogP contribution in [0.2, 0.25) is 0 Å². The highest BCUT2D eigenvalue weighted by Gasteiger charge is 2.12. The largest absolute Gasteiger partial charge is 0.396 e. The summed E-state index contributed by atoms with van der Waals surface area (Å²) >= 11 is 0. The molecule has 1 atom stereocenters. The number of ether oxygens (including phenoxy) is 1. The summed E-state index contributed by atoms with van der Waals surface area (Å²) in [6.45, 7) is 6.57. The third-order valence-electron chi connectivity index (χ3n) is 1.65. The van der Waals surface area contributed by atoms with Gasteiger partial charge in [-0.15, -0.1) is 0 Å². The first-order valence-corrected chi connectivity index (χ1v) is 5.10. The van der Waals surface area contributed by atoms with Crippen molar-refractivity contribution in [3.8, 4) is 0 Å². The minimum Gasteiger partial charge on any atom is -0.396 e. The van der Waals surface area contributed by atoms with Crippen molar-refractivity contribution in [2.45, 2.75) is 38.8 Å². The molecule has 1 unspecified atom stereocenters. The van der Waals surface area contributed by atoms with Gasteiger partial charge < -0.3 is 20.9 Å². The fraction of sp³-hybridized carbons (Fsp3) is 0.900. The van der Waals surface area contributed by atoms with E-state index in [4.69, 9.17) is 15.6 Å². The van der Waals surface area contributed by atoms with E-state index < -0.39 is 0 Å². The van der Waals surface area contributed by atoms with Crippen LogP contribution < -0.4 is 11.1 Å². The van der Waals surface area contributed by atoms with E-state index in [1.807, 2.05) is 20.8 Å². The molecule has 0 aromatic heterocycles. The van der Waals surface area contributed by atoms with Crippen LogP contribution >= 0.6 is 0 Å². The lowest BCUT2D eigenvalue weighted by Crippen LogP contribution is -2.45. The first-order chi connectivity index (χ1) is 6.89. The number of nitrogens with two attached hydrogens (primary N) is 1. The number of aliphatic hydroxyl groups is 1. The highest BCUT2D eigenvalue weighted by atomic mass is 16.5. The van der Waals surface area contributed by atoms with E-state index >= 15 is 0 Å². The molecule has 0 aromatic rings. The Balaban J connectivity index is 4.26. The van der Waals surface area contributed by atoms with Gasteiger partial charge in [0.1, 0.15) is 0 Å². The quantitative estimate of drug-likeness (QED) is 0.450. The van der Waals surface area contributed by atoms with Gasteiger partial charge in [0.05, 0.1) is 12.6 Å². The molecule has 0 aliphatic heterocycles. The van der Waals surface area contributed by atoms with Gasteiger partial charge in [-0.1, -0.05) is 0 Å². The summed E-state index contributed by atoms with van der Waals surface area (Å²) in [5.41, 5.74) is 5.62. The SMILES string of the molecule is COCC(CCO)N=C(N)NC(C)(C)C. The maximum atomic E-state index is 8.82. The van der Waals surface area contributed by atoms with Gasteiger partial charge in [0.25, 0.3) is 0 Å². The molecule has 0 rings (SSSR count). The van der Waals surface area contributed by atoms with Gasteiger partial charge in [-0.05, 0) is 27.2 Å². The van der Waals surface area contributed by atoms with Crippen LogP contribution in [0.3, 0.4) is 0 Å². The van der Waals surface area contributed by atoms with Crippen LogP contribution in [0, 0.1) is 0 Å². The fourth-order valence-electron chi connectivity index (χ4n) is 1.14. The summed E-state index contributed by atoms with van der Waals surface area (Å²) in [6.07, 6.45) is 0.556. The normalized spacial score (nSPS) is 15.1. The Kier molecular flexibility index (Phi) is 6.27. The Hall–Kier alpha value is -0.810. The molecule has 5 nitrogen and oxygen atoms in total. The van der Waals surface area contributed by atoms with E-state index in [-0.39, 0.29) is 18.2 Å². The monoisotopic (exact) mass is 217 g/mol. The lowest BCUT2D eigenvalue weighted by Gasteiger charge is -2.22. The molecule has 90 valence electrons. The van der Waals surface area contributed by atoms with Gasteiger partial charge in [-0.25, -0.2) is 4.99 Å². The fourth-order valence-corrected chi connectivity index (χ4v) is 1.14. The Morgan fingerprint density at radius 3 is 2.53 bits per heavy atom. The molecule has 0 saturated carbocycles. The summed E-state index contributed by atoms with van der Waals surface area (Å²) in [7, 11) is 1.60. The van der Waals surface area contributed by atoms with Crippen LogP contribution in [-0.4, -0.2) is 43.0 Å². The van der Waals surface area contributed by atoms with Crippen LogP contribution in [0.4, 0.5) is 0 Å². The van der Waals surface area contributed by atoms with Gasteiger partial charge in [-0.2, -0.15) is 0 Å². The van der Waals surface area contributed by atoms with Crippen LogP contribution in [-0.2, 0) is 4.74 Å². The summed E-state index contributed by atoms with van der Waals surface area (Å²) < 4.78 is 4.99. The van der Waals surface area contributed by atoms with Crippen molar-refractivity contribution in [1.29, 1.82) is 0 Å². The van der Waals surface area contributed by atoms with E-state index in [0.717, 1.165) is 0 Å². The molecule has 0 aliphatic carbocycles. The summed E-state index contributed by atoms with van der Waals surface area (Å²) in [5, 5.41) is 11.9. The maximum absolute atomic E-state index is 8.82. The molecule has 0 amide bonds. The number of methoxy groups -OCH3 is 1. The Morgan fingerprint density at radius 1 is 1.53 bits per heavy atom. The average molecular weight is 217 g/mol. The predicted octanol–water partition coefficient (Wildman–Crippen LogP) is 0.0866. The lowest BCUT2D eigenvalue weighted by atomic mass is 10.1. The van der Waals surface area contributed by atoms with Crippen LogP contribution in [0.25, 0.3) is 0 Å². The number of nitrogens with zero attached hydrogens (tertiary/aromatic N) is 1. The molecule has 0 spiro atoms. The zero-order valence-electron chi connectivity index (χ0n) is 10.1. The molecule has 0 heterocycles. The first-order valence-electron chi connectivity index (χ1n) is 5.10. The minimum atomic E-state index is -0.107. The number of aliphatic hydroxyl groups excluding tert-OH is 1. The van der Waals surface area contributed by atoms with Crippen LogP contribution in [0.15, 0.2) is 4.99 Å². The maximum Gasteiger partial charge on any atom is 0.189 e.